The molecule has 1 rings (SSSR count). The molecule has 0 amide bonds. The molecule has 0 heterocycles. The van der Waals surface area contributed by atoms with E-state index in [2.05, 4.69) is 46.3 Å². The molecule has 4 heteroatoms. The van der Waals surface area contributed by atoms with Crippen LogP contribution in [0.3, 0.4) is 0 Å². The van der Waals surface area contributed by atoms with Gasteiger partial charge in [-0.1, -0.05) is 33.6 Å². The molecule has 0 bridgehead atoms. The van der Waals surface area contributed by atoms with Gasteiger partial charge in [0.1, 0.15) is 0 Å². The Morgan fingerprint density at radius 1 is 1.41 bits per heavy atom. The van der Waals surface area contributed by atoms with Crippen molar-refractivity contribution in [1.82, 2.24) is 10.2 Å². The second-order valence-corrected chi connectivity index (χ2v) is 5.84. The minimum atomic E-state index is 0.469. The maximum absolute atomic E-state index is 6.23. The van der Waals surface area contributed by atoms with E-state index in [9.17, 15) is 0 Å². The first-order chi connectivity index (χ1) is 8.02. The Morgan fingerprint density at radius 3 is 2.65 bits per heavy atom. The molecule has 17 heavy (non-hydrogen) atoms. The zero-order chi connectivity index (χ0) is 12.8. The van der Waals surface area contributed by atoms with E-state index in [-0.39, 0.29) is 0 Å². The van der Waals surface area contributed by atoms with Crippen LogP contribution in [0.5, 0.6) is 0 Å². The average Bonchev–Trinajstić information content (AvgIpc) is 2.26. The number of rotatable bonds is 6. The number of hydrogen-bond acceptors (Lipinski definition) is 2. The second kappa shape index (κ2) is 7.37. The van der Waals surface area contributed by atoms with Gasteiger partial charge < -0.3 is 10.2 Å². The highest BCUT2D eigenvalue weighted by atomic mass is 79.9. The lowest BCUT2D eigenvalue weighted by atomic mass is 10.0. The lowest BCUT2D eigenvalue weighted by Gasteiger charge is -2.19. The molecule has 96 valence electrons. The zero-order valence-electron chi connectivity index (χ0n) is 10.6. The Kier molecular flexibility index (Phi) is 6.49. The molecule has 0 fully saturated rings. The van der Waals surface area contributed by atoms with Gasteiger partial charge in [-0.05, 0) is 58.2 Å². The molecule has 0 aromatic heterocycles. The van der Waals surface area contributed by atoms with Crippen LogP contribution in [-0.2, 0) is 6.42 Å². The van der Waals surface area contributed by atoms with Crippen LogP contribution in [0, 0.1) is 0 Å². The van der Waals surface area contributed by atoms with Crippen LogP contribution in [0.25, 0.3) is 0 Å². The number of nitrogens with one attached hydrogen (secondary N) is 1. The lowest BCUT2D eigenvalue weighted by Crippen LogP contribution is -2.31. The Hall–Kier alpha value is -0.0900. The molecule has 0 radical (unpaired) electrons. The molecule has 1 atom stereocenters. The maximum atomic E-state index is 6.23. The predicted molar refractivity (Wildman–Crippen MR) is 78.9 cm³/mol. The van der Waals surface area contributed by atoms with E-state index in [0.29, 0.717) is 6.04 Å². The third-order valence-corrected chi connectivity index (χ3v) is 3.66. The summed E-state index contributed by atoms with van der Waals surface area (Å²) >= 11 is 9.65. The number of benzene rings is 1. The Morgan fingerprint density at radius 2 is 2.12 bits per heavy atom. The number of nitrogens with zero attached hydrogens (tertiary/aromatic N) is 1. The van der Waals surface area contributed by atoms with E-state index in [1.807, 2.05) is 19.2 Å². The molecule has 0 spiro atoms. The lowest BCUT2D eigenvalue weighted by molar-refractivity contribution is 0.364. The largest absolute Gasteiger partial charge is 0.317 e. The fourth-order valence-corrected chi connectivity index (χ4v) is 2.47. The van der Waals surface area contributed by atoms with Gasteiger partial charge in [0.15, 0.2) is 0 Å². The smallest absolute Gasteiger partial charge is 0.0449 e. The van der Waals surface area contributed by atoms with Gasteiger partial charge in [0.25, 0.3) is 0 Å². The van der Waals surface area contributed by atoms with Gasteiger partial charge in [0.05, 0.1) is 0 Å². The average molecular weight is 320 g/mol. The number of likely N-dealkylation sites (N-methyl/N-ethyl adjacent to an activating group) is 1. The molecule has 0 saturated heterocycles. The van der Waals surface area contributed by atoms with Gasteiger partial charge in [0, 0.05) is 15.5 Å². The maximum Gasteiger partial charge on any atom is 0.0449 e. The summed E-state index contributed by atoms with van der Waals surface area (Å²) in [5.41, 5.74) is 1.20. The monoisotopic (exact) mass is 318 g/mol. The quantitative estimate of drug-likeness (QED) is 0.866. The zero-order valence-corrected chi connectivity index (χ0v) is 13.0. The Labute approximate surface area is 117 Å². The van der Waals surface area contributed by atoms with Crippen molar-refractivity contribution in [3.05, 3.63) is 33.3 Å². The fourth-order valence-electron chi connectivity index (χ4n) is 1.72. The molecular formula is C13H20BrClN2. The third kappa shape index (κ3) is 5.38. The Bertz CT molecular complexity index is 355. The van der Waals surface area contributed by atoms with Crippen LogP contribution < -0.4 is 5.32 Å². The van der Waals surface area contributed by atoms with E-state index >= 15 is 0 Å². The van der Waals surface area contributed by atoms with Crippen molar-refractivity contribution in [1.29, 1.82) is 0 Å². The summed E-state index contributed by atoms with van der Waals surface area (Å²) in [5.74, 6) is 0. The first kappa shape index (κ1) is 15.0. The van der Waals surface area contributed by atoms with Crippen molar-refractivity contribution in [3.8, 4) is 0 Å². The van der Waals surface area contributed by atoms with Crippen molar-refractivity contribution >= 4 is 27.5 Å². The van der Waals surface area contributed by atoms with Crippen LogP contribution >= 0.6 is 27.5 Å². The van der Waals surface area contributed by atoms with Gasteiger partial charge in [-0.15, -0.1) is 0 Å². The van der Waals surface area contributed by atoms with Crippen molar-refractivity contribution in [2.75, 3.05) is 27.7 Å². The van der Waals surface area contributed by atoms with Crippen LogP contribution in [0.2, 0.25) is 5.02 Å². The van der Waals surface area contributed by atoms with Gasteiger partial charge in [-0.2, -0.15) is 0 Å². The molecule has 1 aromatic rings. The first-order valence-electron chi connectivity index (χ1n) is 5.79. The molecule has 0 aliphatic carbocycles. The molecule has 0 aliphatic heterocycles. The highest BCUT2D eigenvalue weighted by molar-refractivity contribution is 9.10. The summed E-state index contributed by atoms with van der Waals surface area (Å²) in [7, 11) is 6.20. The van der Waals surface area contributed by atoms with Gasteiger partial charge >= 0.3 is 0 Å². The van der Waals surface area contributed by atoms with E-state index in [4.69, 9.17) is 11.6 Å². The molecule has 0 saturated carbocycles. The summed E-state index contributed by atoms with van der Waals surface area (Å²) in [6.45, 7) is 1.08. The van der Waals surface area contributed by atoms with Crippen molar-refractivity contribution in [2.24, 2.45) is 0 Å². The molecule has 2 nitrogen and oxygen atoms in total. The predicted octanol–water partition coefficient (Wildman–Crippen LogP) is 3.18. The standard InChI is InChI=1S/C13H20BrClN2/c1-16-12(6-7-17(2)3)8-10-4-5-11(14)9-13(10)15/h4-5,9,12,16H,6-8H2,1-3H3. The molecule has 0 aliphatic rings. The van der Waals surface area contributed by atoms with E-state index in [1.54, 1.807) is 0 Å². The highest BCUT2D eigenvalue weighted by Crippen LogP contribution is 2.22. The van der Waals surface area contributed by atoms with E-state index in [0.717, 1.165) is 28.9 Å². The first-order valence-corrected chi connectivity index (χ1v) is 6.96. The van der Waals surface area contributed by atoms with E-state index < -0.39 is 0 Å². The fraction of sp³-hybridized carbons (Fsp3) is 0.538. The second-order valence-electron chi connectivity index (χ2n) is 4.52. The summed E-state index contributed by atoms with van der Waals surface area (Å²) in [4.78, 5) is 2.20. The topological polar surface area (TPSA) is 15.3 Å². The van der Waals surface area contributed by atoms with E-state index in [1.165, 1.54) is 5.56 Å². The third-order valence-electron chi connectivity index (χ3n) is 2.81. The summed E-state index contributed by atoms with van der Waals surface area (Å²) in [5, 5.41) is 4.19. The Balaban J connectivity index is 2.60. The highest BCUT2D eigenvalue weighted by Gasteiger charge is 2.10. The van der Waals surface area contributed by atoms with Gasteiger partial charge in [-0.25, -0.2) is 0 Å². The van der Waals surface area contributed by atoms with Crippen molar-refractivity contribution in [3.63, 3.8) is 0 Å². The summed E-state index contributed by atoms with van der Waals surface area (Å²) in [6.07, 6.45) is 2.09. The van der Waals surface area contributed by atoms with Crippen LogP contribution in [0.15, 0.2) is 22.7 Å². The minimum Gasteiger partial charge on any atom is -0.317 e. The van der Waals surface area contributed by atoms with Crippen molar-refractivity contribution in [2.45, 2.75) is 18.9 Å². The molecular weight excluding hydrogens is 300 g/mol. The number of halogens is 2. The van der Waals surface area contributed by atoms with Gasteiger partial charge in [-0.3, -0.25) is 0 Å². The minimum absolute atomic E-state index is 0.469. The van der Waals surface area contributed by atoms with Gasteiger partial charge in [0.2, 0.25) is 0 Å². The van der Waals surface area contributed by atoms with Crippen LogP contribution in [0.1, 0.15) is 12.0 Å². The molecule has 1 aromatic carbocycles. The summed E-state index contributed by atoms with van der Waals surface area (Å²) in [6, 6.07) is 6.55. The SMILES string of the molecule is CNC(CCN(C)C)Cc1ccc(Br)cc1Cl. The number of hydrogen-bond donors (Lipinski definition) is 1. The molecule has 1 N–H and O–H groups in total. The summed E-state index contributed by atoms with van der Waals surface area (Å²) < 4.78 is 1.03. The van der Waals surface area contributed by atoms with Crippen molar-refractivity contribution < 1.29 is 0 Å². The van der Waals surface area contributed by atoms with Crippen LogP contribution in [0.4, 0.5) is 0 Å². The van der Waals surface area contributed by atoms with Crippen LogP contribution in [-0.4, -0.2) is 38.6 Å². The molecule has 1 unspecified atom stereocenters. The normalized spacial score (nSPS) is 13.1.